The molecule has 0 saturated carbocycles. The van der Waals surface area contributed by atoms with Gasteiger partial charge in [-0.25, -0.2) is 0 Å². The second kappa shape index (κ2) is 5.08. The summed E-state index contributed by atoms with van der Waals surface area (Å²) in [7, 11) is 1.63. The Morgan fingerprint density at radius 3 is 2.72 bits per heavy atom. The van der Waals surface area contributed by atoms with E-state index in [0.717, 1.165) is 11.3 Å². The molecule has 1 aliphatic rings. The first-order valence-electron chi connectivity index (χ1n) is 6.16. The highest BCUT2D eigenvalue weighted by Gasteiger charge is 2.34. The van der Waals surface area contributed by atoms with E-state index in [2.05, 4.69) is 26.1 Å². The number of rotatable bonds is 2. The maximum atomic E-state index is 6.29. The van der Waals surface area contributed by atoms with Gasteiger partial charge in [0.1, 0.15) is 5.75 Å². The van der Waals surface area contributed by atoms with Crippen molar-refractivity contribution in [3.8, 4) is 5.75 Å². The molecule has 0 aliphatic carbocycles. The van der Waals surface area contributed by atoms with E-state index in [4.69, 9.17) is 21.1 Å². The fraction of sp³-hybridized carbons (Fsp3) is 0.571. The molecular formula is C14H20ClNO2. The Hall–Kier alpha value is -0.770. The van der Waals surface area contributed by atoms with Crippen LogP contribution in [0.5, 0.6) is 5.75 Å². The van der Waals surface area contributed by atoms with Crippen LogP contribution in [0.3, 0.4) is 0 Å². The van der Waals surface area contributed by atoms with Gasteiger partial charge in [-0.3, -0.25) is 0 Å². The summed E-state index contributed by atoms with van der Waals surface area (Å²) < 4.78 is 11.1. The quantitative estimate of drug-likeness (QED) is 0.895. The molecule has 0 spiro atoms. The Bertz CT molecular complexity index is 434. The molecule has 1 aromatic carbocycles. The Balaban J connectivity index is 2.22. The van der Waals surface area contributed by atoms with Crippen LogP contribution in [-0.4, -0.2) is 25.3 Å². The van der Waals surface area contributed by atoms with E-state index in [1.165, 1.54) is 0 Å². The predicted octanol–water partition coefficient (Wildman–Crippen LogP) is 3.18. The minimum Gasteiger partial charge on any atom is -0.497 e. The van der Waals surface area contributed by atoms with Gasteiger partial charge in [0, 0.05) is 17.1 Å². The van der Waals surface area contributed by atoms with Crippen LogP contribution in [0.1, 0.15) is 32.4 Å². The normalized spacial score (nSPS) is 26.9. The average molecular weight is 270 g/mol. The van der Waals surface area contributed by atoms with E-state index in [0.29, 0.717) is 11.6 Å². The van der Waals surface area contributed by atoms with Crippen LogP contribution in [0.4, 0.5) is 0 Å². The third-order valence-corrected chi connectivity index (χ3v) is 3.54. The molecule has 1 aliphatic heterocycles. The zero-order valence-electron chi connectivity index (χ0n) is 11.3. The Labute approximate surface area is 113 Å². The number of morpholine rings is 1. The fourth-order valence-corrected chi connectivity index (χ4v) is 2.68. The van der Waals surface area contributed by atoms with Gasteiger partial charge < -0.3 is 14.8 Å². The summed E-state index contributed by atoms with van der Waals surface area (Å²) in [6.07, 6.45) is -0.0172. The smallest absolute Gasteiger partial charge is 0.120 e. The Morgan fingerprint density at radius 2 is 2.17 bits per heavy atom. The van der Waals surface area contributed by atoms with Crippen molar-refractivity contribution in [3.05, 3.63) is 28.8 Å². The SMILES string of the molecule is COc1ccc(C2OCC(C)(C)NC2C)c(Cl)c1. The number of benzene rings is 1. The molecule has 0 bridgehead atoms. The first-order valence-corrected chi connectivity index (χ1v) is 6.53. The standard InChI is InChI=1S/C14H20ClNO2/c1-9-13(18-8-14(2,3)16-9)11-6-5-10(17-4)7-12(11)15/h5-7,9,13,16H,8H2,1-4H3. The summed E-state index contributed by atoms with van der Waals surface area (Å²) in [5, 5.41) is 4.23. The van der Waals surface area contributed by atoms with Gasteiger partial charge in [-0.05, 0) is 32.9 Å². The average Bonchev–Trinajstić information content (AvgIpc) is 2.29. The van der Waals surface area contributed by atoms with Gasteiger partial charge in [-0.15, -0.1) is 0 Å². The molecular weight excluding hydrogens is 250 g/mol. The maximum absolute atomic E-state index is 6.29. The fourth-order valence-electron chi connectivity index (χ4n) is 2.40. The molecule has 100 valence electrons. The summed E-state index contributed by atoms with van der Waals surface area (Å²) in [5.41, 5.74) is 1.02. The highest BCUT2D eigenvalue weighted by atomic mass is 35.5. The number of hydrogen-bond acceptors (Lipinski definition) is 3. The van der Waals surface area contributed by atoms with Crippen LogP contribution >= 0.6 is 11.6 Å². The van der Waals surface area contributed by atoms with Gasteiger partial charge in [0.25, 0.3) is 0 Å². The number of methoxy groups -OCH3 is 1. The summed E-state index contributed by atoms with van der Waals surface area (Å²) >= 11 is 6.29. The van der Waals surface area contributed by atoms with Crippen molar-refractivity contribution in [2.24, 2.45) is 0 Å². The van der Waals surface area contributed by atoms with Gasteiger partial charge in [0.15, 0.2) is 0 Å². The third kappa shape index (κ3) is 2.79. The van der Waals surface area contributed by atoms with Gasteiger partial charge in [-0.1, -0.05) is 17.7 Å². The van der Waals surface area contributed by atoms with Gasteiger partial charge >= 0.3 is 0 Å². The van der Waals surface area contributed by atoms with E-state index >= 15 is 0 Å². The molecule has 4 heteroatoms. The van der Waals surface area contributed by atoms with Crippen molar-refractivity contribution in [1.29, 1.82) is 0 Å². The lowest BCUT2D eigenvalue weighted by Gasteiger charge is -2.41. The molecule has 0 aromatic heterocycles. The van der Waals surface area contributed by atoms with Crippen molar-refractivity contribution < 1.29 is 9.47 Å². The minimum atomic E-state index is -0.0172. The summed E-state index contributed by atoms with van der Waals surface area (Å²) in [6, 6.07) is 5.94. The van der Waals surface area contributed by atoms with E-state index in [1.54, 1.807) is 7.11 Å². The van der Waals surface area contributed by atoms with Gasteiger partial charge in [0.2, 0.25) is 0 Å². The van der Waals surface area contributed by atoms with Crippen LogP contribution in [0.25, 0.3) is 0 Å². The van der Waals surface area contributed by atoms with E-state index in [9.17, 15) is 0 Å². The molecule has 1 heterocycles. The summed E-state index contributed by atoms with van der Waals surface area (Å²) in [6.45, 7) is 7.06. The molecule has 0 amide bonds. The molecule has 2 unspecified atom stereocenters. The first-order chi connectivity index (χ1) is 8.43. The zero-order valence-corrected chi connectivity index (χ0v) is 12.0. The Morgan fingerprint density at radius 1 is 1.44 bits per heavy atom. The van der Waals surface area contributed by atoms with E-state index in [1.807, 2.05) is 18.2 Å². The van der Waals surface area contributed by atoms with Crippen molar-refractivity contribution in [2.45, 2.75) is 38.5 Å². The van der Waals surface area contributed by atoms with Gasteiger partial charge in [-0.2, -0.15) is 0 Å². The highest BCUT2D eigenvalue weighted by molar-refractivity contribution is 6.31. The maximum Gasteiger partial charge on any atom is 0.120 e. The third-order valence-electron chi connectivity index (χ3n) is 3.21. The molecule has 2 atom stereocenters. The predicted molar refractivity (Wildman–Crippen MR) is 73.4 cm³/mol. The molecule has 1 saturated heterocycles. The van der Waals surface area contributed by atoms with Crippen LogP contribution in [0.2, 0.25) is 5.02 Å². The molecule has 1 fully saturated rings. The largest absolute Gasteiger partial charge is 0.497 e. The van der Waals surface area contributed by atoms with E-state index in [-0.39, 0.29) is 17.7 Å². The molecule has 1 aromatic rings. The lowest BCUT2D eigenvalue weighted by Crippen LogP contribution is -2.55. The summed E-state index contributed by atoms with van der Waals surface area (Å²) in [4.78, 5) is 0. The molecule has 18 heavy (non-hydrogen) atoms. The molecule has 1 N–H and O–H groups in total. The molecule has 2 rings (SSSR count). The monoisotopic (exact) mass is 269 g/mol. The van der Waals surface area contributed by atoms with Crippen molar-refractivity contribution in [2.75, 3.05) is 13.7 Å². The lowest BCUT2D eigenvalue weighted by atomic mass is 9.96. The van der Waals surface area contributed by atoms with Crippen LogP contribution < -0.4 is 10.1 Å². The number of ether oxygens (including phenoxy) is 2. The first kappa shape index (κ1) is 13.7. The second-order valence-electron chi connectivity index (χ2n) is 5.44. The molecule has 0 radical (unpaired) electrons. The number of nitrogens with one attached hydrogen (secondary N) is 1. The van der Waals surface area contributed by atoms with E-state index < -0.39 is 0 Å². The summed E-state index contributed by atoms with van der Waals surface area (Å²) in [5.74, 6) is 0.764. The van der Waals surface area contributed by atoms with Crippen molar-refractivity contribution in [3.63, 3.8) is 0 Å². The second-order valence-corrected chi connectivity index (χ2v) is 5.84. The van der Waals surface area contributed by atoms with Crippen molar-refractivity contribution >= 4 is 11.6 Å². The highest BCUT2D eigenvalue weighted by Crippen LogP contribution is 2.34. The Kier molecular flexibility index (Phi) is 3.85. The topological polar surface area (TPSA) is 30.5 Å². The lowest BCUT2D eigenvalue weighted by molar-refractivity contribution is -0.0495. The van der Waals surface area contributed by atoms with Crippen LogP contribution in [-0.2, 0) is 4.74 Å². The number of halogens is 1. The zero-order chi connectivity index (χ0) is 13.3. The van der Waals surface area contributed by atoms with Crippen LogP contribution in [0, 0.1) is 0 Å². The van der Waals surface area contributed by atoms with Crippen LogP contribution in [0.15, 0.2) is 18.2 Å². The number of hydrogen-bond donors (Lipinski definition) is 1. The van der Waals surface area contributed by atoms with Gasteiger partial charge in [0.05, 0.1) is 24.8 Å². The van der Waals surface area contributed by atoms with Crippen molar-refractivity contribution in [1.82, 2.24) is 5.32 Å². The minimum absolute atomic E-state index is 0.00879. The molecule has 3 nitrogen and oxygen atoms in total.